The molecule has 8 heteroatoms. The van der Waals surface area contributed by atoms with E-state index in [4.69, 9.17) is 11.6 Å². The van der Waals surface area contributed by atoms with Gasteiger partial charge in [0.25, 0.3) is 11.1 Å². The van der Waals surface area contributed by atoms with E-state index in [1.165, 1.54) is 11.8 Å². The molecular formula is C19H15ClN4O2S. The Kier molecular flexibility index (Phi) is 4.87. The zero-order chi connectivity index (χ0) is 18.8. The van der Waals surface area contributed by atoms with Crippen molar-refractivity contribution in [1.29, 1.82) is 0 Å². The number of fused-ring (bicyclic) bond motifs is 1. The monoisotopic (exact) mass is 398 g/mol. The number of benzene rings is 2. The zero-order valence-electron chi connectivity index (χ0n) is 14.1. The molecule has 0 aliphatic carbocycles. The van der Waals surface area contributed by atoms with Crippen molar-refractivity contribution in [1.82, 2.24) is 19.7 Å². The van der Waals surface area contributed by atoms with Gasteiger partial charge in [-0.1, -0.05) is 71.9 Å². The second-order valence-electron chi connectivity index (χ2n) is 5.95. The molecule has 2 N–H and O–H groups in total. The highest BCUT2D eigenvalue weighted by atomic mass is 35.5. The fraction of sp³-hybridized carbons (Fsp3) is 0.105. The molecule has 6 nitrogen and oxygen atoms in total. The van der Waals surface area contributed by atoms with Crippen LogP contribution in [0.15, 0.2) is 69.3 Å². The molecule has 0 radical (unpaired) electrons. The van der Waals surface area contributed by atoms with E-state index < -0.39 is 5.56 Å². The van der Waals surface area contributed by atoms with Gasteiger partial charge in [-0.2, -0.15) is 0 Å². The minimum absolute atomic E-state index is 0.135. The van der Waals surface area contributed by atoms with Gasteiger partial charge in [-0.05, 0) is 17.2 Å². The Morgan fingerprint density at radius 1 is 0.963 bits per heavy atom. The summed E-state index contributed by atoms with van der Waals surface area (Å²) in [4.78, 5) is 28.9. The third kappa shape index (κ3) is 3.56. The lowest BCUT2D eigenvalue weighted by molar-refractivity contribution is 0.727. The number of nitrogens with zero attached hydrogens (tertiary/aromatic N) is 2. The first-order valence-electron chi connectivity index (χ1n) is 8.25. The molecule has 0 unspecified atom stereocenters. The lowest BCUT2D eigenvalue weighted by Gasteiger charge is -2.09. The van der Waals surface area contributed by atoms with Crippen LogP contribution in [-0.4, -0.2) is 19.7 Å². The number of rotatable bonds is 5. The van der Waals surface area contributed by atoms with Crippen molar-refractivity contribution in [3.05, 3.63) is 91.5 Å². The van der Waals surface area contributed by atoms with E-state index in [0.29, 0.717) is 22.5 Å². The van der Waals surface area contributed by atoms with E-state index in [2.05, 4.69) is 15.2 Å². The topological polar surface area (TPSA) is 83.5 Å². The van der Waals surface area contributed by atoms with Crippen LogP contribution in [0.2, 0.25) is 5.02 Å². The summed E-state index contributed by atoms with van der Waals surface area (Å²) in [6.45, 7) is 0.439. The summed E-state index contributed by atoms with van der Waals surface area (Å²) in [7, 11) is 0. The number of aromatic amines is 2. The Labute approximate surface area is 163 Å². The molecule has 0 aliphatic rings. The molecule has 2 aromatic heterocycles. The molecule has 0 aliphatic heterocycles. The van der Waals surface area contributed by atoms with Gasteiger partial charge in [-0.3, -0.25) is 19.8 Å². The molecule has 4 rings (SSSR count). The van der Waals surface area contributed by atoms with Crippen LogP contribution in [0, 0.1) is 0 Å². The third-order valence-electron chi connectivity index (χ3n) is 4.15. The minimum atomic E-state index is -0.420. The first-order chi connectivity index (χ1) is 13.1. The van der Waals surface area contributed by atoms with E-state index in [9.17, 15) is 9.59 Å². The molecule has 136 valence electrons. The number of hydrogen-bond acceptors (Lipinski definition) is 4. The second kappa shape index (κ2) is 7.46. The summed E-state index contributed by atoms with van der Waals surface area (Å²) in [5.41, 5.74) is 1.58. The van der Waals surface area contributed by atoms with Gasteiger partial charge in [-0.25, -0.2) is 4.98 Å². The summed E-state index contributed by atoms with van der Waals surface area (Å²) in [6, 6.07) is 17.3. The molecule has 2 heterocycles. The smallest absolute Gasteiger partial charge is 0.290 e. The Hall–Kier alpha value is -2.77. The maximum Gasteiger partial charge on any atom is 0.290 e. The summed E-state index contributed by atoms with van der Waals surface area (Å²) in [5.74, 6) is 0.577. The normalized spacial score (nSPS) is 11.1. The molecule has 0 amide bonds. The van der Waals surface area contributed by atoms with E-state index in [-0.39, 0.29) is 16.6 Å². The van der Waals surface area contributed by atoms with Gasteiger partial charge in [0.15, 0.2) is 10.7 Å². The second-order valence-corrected chi connectivity index (χ2v) is 7.30. The Morgan fingerprint density at radius 2 is 1.67 bits per heavy atom. The third-order valence-corrected chi connectivity index (χ3v) is 5.54. The van der Waals surface area contributed by atoms with Crippen molar-refractivity contribution in [3.8, 4) is 0 Å². The van der Waals surface area contributed by atoms with Gasteiger partial charge in [-0.15, -0.1) is 0 Å². The predicted molar refractivity (Wildman–Crippen MR) is 108 cm³/mol. The quantitative estimate of drug-likeness (QED) is 0.504. The van der Waals surface area contributed by atoms with Crippen molar-refractivity contribution in [2.24, 2.45) is 0 Å². The summed E-state index contributed by atoms with van der Waals surface area (Å²) >= 11 is 7.68. The zero-order valence-corrected chi connectivity index (χ0v) is 15.7. The highest BCUT2D eigenvalue weighted by Gasteiger charge is 2.17. The molecule has 4 aromatic rings. The highest BCUT2D eigenvalue weighted by Crippen LogP contribution is 2.28. The molecular weight excluding hydrogens is 384 g/mol. The fourth-order valence-corrected chi connectivity index (χ4v) is 4.12. The van der Waals surface area contributed by atoms with Crippen LogP contribution < -0.4 is 11.1 Å². The number of nitrogens with one attached hydrogen (secondary N) is 2. The molecule has 2 aromatic carbocycles. The maximum atomic E-state index is 12.4. The van der Waals surface area contributed by atoms with Crippen LogP contribution in [0.25, 0.3) is 11.0 Å². The number of H-pyrrole nitrogens is 2. The van der Waals surface area contributed by atoms with Crippen LogP contribution in [0.3, 0.4) is 0 Å². The maximum absolute atomic E-state index is 12.4. The van der Waals surface area contributed by atoms with Crippen LogP contribution in [-0.2, 0) is 12.3 Å². The number of hydrogen-bond donors (Lipinski definition) is 2. The fourth-order valence-electron chi connectivity index (χ4n) is 2.83. The average molecular weight is 399 g/mol. The number of halogens is 1. The van der Waals surface area contributed by atoms with E-state index >= 15 is 0 Å². The van der Waals surface area contributed by atoms with Crippen LogP contribution in [0.1, 0.15) is 11.1 Å². The van der Waals surface area contributed by atoms with Crippen molar-refractivity contribution in [2.45, 2.75) is 17.5 Å². The molecule has 0 fully saturated rings. The molecule has 0 bridgehead atoms. The Balaban J connectivity index is 1.79. The Bertz CT molecular complexity index is 1210. The van der Waals surface area contributed by atoms with Crippen molar-refractivity contribution in [2.75, 3.05) is 0 Å². The number of aromatic nitrogens is 4. The van der Waals surface area contributed by atoms with Gasteiger partial charge in [0.1, 0.15) is 5.52 Å². The van der Waals surface area contributed by atoms with Crippen molar-refractivity contribution >= 4 is 34.4 Å². The predicted octanol–water partition coefficient (Wildman–Crippen LogP) is 3.41. The molecule has 0 saturated heterocycles. The van der Waals surface area contributed by atoms with E-state index in [0.717, 1.165) is 11.1 Å². The molecule has 0 saturated carbocycles. The van der Waals surface area contributed by atoms with Crippen LogP contribution in [0.5, 0.6) is 0 Å². The first kappa shape index (κ1) is 17.6. The Morgan fingerprint density at radius 3 is 2.44 bits per heavy atom. The SMILES string of the molecule is O=c1[nH][nH]c(=O)c2c1nc(SCc1ccccc1Cl)n2Cc1ccccc1. The van der Waals surface area contributed by atoms with Gasteiger partial charge >= 0.3 is 0 Å². The number of imidazole rings is 1. The van der Waals surface area contributed by atoms with Gasteiger partial charge in [0.05, 0.1) is 6.54 Å². The van der Waals surface area contributed by atoms with Gasteiger partial charge in [0, 0.05) is 10.8 Å². The average Bonchev–Trinajstić information content (AvgIpc) is 3.04. The highest BCUT2D eigenvalue weighted by molar-refractivity contribution is 7.98. The van der Waals surface area contributed by atoms with E-state index in [1.54, 1.807) is 4.57 Å². The van der Waals surface area contributed by atoms with Crippen LogP contribution in [0.4, 0.5) is 0 Å². The lowest BCUT2D eigenvalue weighted by Crippen LogP contribution is -2.20. The molecule has 0 spiro atoms. The molecule has 0 atom stereocenters. The summed E-state index contributed by atoms with van der Waals surface area (Å²) in [6.07, 6.45) is 0. The largest absolute Gasteiger partial charge is 0.310 e. The van der Waals surface area contributed by atoms with E-state index in [1.807, 2.05) is 54.6 Å². The van der Waals surface area contributed by atoms with Gasteiger partial charge in [0.2, 0.25) is 0 Å². The van der Waals surface area contributed by atoms with Gasteiger partial charge < -0.3 is 4.57 Å². The molecule has 27 heavy (non-hydrogen) atoms. The standard InChI is InChI=1S/C19H15ClN4O2S/c20-14-9-5-4-8-13(14)11-27-19-21-15-16(18(26)23-22-17(15)25)24(19)10-12-6-2-1-3-7-12/h1-9H,10-11H2,(H,22,25)(H,23,26). The minimum Gasteiger partial charge on any atom is -0.310 e. The first-order valence-corrected chi connectivity index (χ1v) is 9.61. The van der Waals surface area contributed by atoms with Crippen molar-refractivity contribution in [3.63, 3.8) is 0 Å². The summed E-state index contributed by atoms with van der Waals surface area (Å²) in [5, 5.41) is 5.98. The number of thioether (sulfide) groups is 1. The summed E-state index contributed by atoms with van der Waals surface area (Å²) < 4.78 is 1.78. The van der Waals surface area contributed by atoms with Crippen LogP contribution >= 0.6 is 23.4 Å². The van der Waals surface area contributed by atoms with Crippen molar-refractivity contribution < 1.29 is 0 Å². The lowest BCUT2D eigenvalue weighted by atomic mass is 10.2.